The summed E-state index contributed by atoms with van der Waals surface area (Å²) in [5.74, 6) is -0.774. The minimum atomic E-state index is -0.614. The first-order valence-electron chi connectivity index (χ1n) is 7.45. The molecule has 3 rings (SSSR count). The molecule has 3 N–H and O–H groups in total. The highest BCUT2D eigenvalue weighted by molar-refractivity contribution is 7.16. The topological polar surface area (TPSA) is 98.7 Å². The average molecular weight is 356 g/mol. The molecule has 3 aromatic rings. The van der Waals surface area contributed by atoms with E-state index >= 15 is 0 Å². The Morgan fingerprint density at radius 1 is 1.20 bits per heavy atom. The lowest BCUT2D eigenvalue weighted by Gasteiger charge is -2.08. The van der Waals surface area contributed by atoms with Gasteiger partial charge in [0.1, 0.15) is 5.75 Å². The molecule has 2 amide bonds. The van der Waals surface area contributed by atoms with E-state index in [2.05, 4.69) is 10.5 Å². The van der Waals surface area contributed by atoms with Crippen LogP contribution in [0.3, 0.4) is 0 Å². The summed E-state index contributed by atoms with van der Waals surface area (Å²) in [6.45, 7) is -0.299. The normalized spacial score (nSPS) is 11.5. The Kier molecular flexibility index (Phi) is 4.80. The van der Waals surface area contributed by atoms with Crippen molar-refractivity contribution in [3.63, 3.8) is 0 Å². The van der Waals surface area contributed by atoms with E-state index in [1.54, 1.807) is 24.3 Å². The van der Waals surface area contributed by atoms with Crippen molar-refractivity contribution in [2.24, 2.45) is 17.9 Å². The van der Waals surface area contributed by atoms with Crippen LogP contribution in [0.5, 0.6) is 5.75 Å². The minimum absolute atomic E-state index is 0.273. The number of carbonyl (C=O) groups excluding carboxylic acids is 2. The third kappa shape index (κ3) is 3.69. The second-order valence-corrected chi connectivity index (χ2v) is 6.22. The summed E-state index contributed by atoms with van der Waals surface area (Å²) in [5.41, 5.74) is 8.90. The molecule has 7 nitrogen and oxygen atoms in total. The number of rotatable bonds is 5. The number of hydrogen-bond donors (Lipinski definition) is 2. The zero-order valence-electron chi connectivity index (χ0n) is 13.4. The number of hydrogen-bond acceptors (Lipinski definition) is 5. The molecule has 0 fully saturated rings. The number of fused-ring (bicyclic) bond motifs is 1. The first-order valence-corrected chi connectivity index (χ1v) is 8.26. The van der Waals surface area contributed by atoms with Crippen LogP contribution in [-0.2, 0) is 11.8 Å². The Labute approximate surface area is 147 Å². The monoisotopic (exact) mass is 356 g/mol. The van der Waals surface area contributed by atoms with Crippen molar-refractivity contribution in [1.82, 2.24) is 9.99 Å². The third-order valence-corrected chi connectivity index (χ3v) is 4.58. The molecule has 0 aliphatic heterocycles. The van der Waals surface area contributed by atoms with Gasteiger partial charge in [0.25, 0.3) is 11.8 Å². The van der Waals surface area contributed by atoms with Crippen LogP contribution in [0, 0.1) is 0 Å². The lowest BCUT2D eigenvalue weighted by molar-refractivity contribution is -0.119. The zero-order valence-corrected chi connectivity index (χ0v) is 14.2. The molecule has 0 bridgehead atoms. The highest BCUT2D eigenvalue weighted by Gasteiger charge is 2.12. The summed E-state index contributed by atoms with van der Waals surface area (Å²) in [7, 11) is 1.88. The van der Waals surface area contributed by atoms with Gasteiger partial charge in [0, 0.05) is 7.05 Å². The molecule has 1 heterocycles. The van der Waals surface area contributed by atoms with Crippen LogP contribution in [0.15, 0.2) is 53.6 Å². The minimum Gasteiger partial charge on any atom is -0.483 e. The number of carbonyl (C=O) groups is 2. The fourth-order valence-electron chi connectivity index (χ4n) is 2.28. The van der Waals surface area contributed by atoms with Gasteiger partial charge in [-0.15, -0.1) is 5.10 Å². The molecule has 25 heavy (non-hydrogen) atoms. The summed E-state index contributed by atoms with van der Waals surface area (Å²) < 4.78 is 8.23. The number of benzene rings is 2. The van der Waals surface area contributed by atoms with Gasteiger partial charge < -0.3 is 15.0 Å². The standard InChI is InChI=1S/C17H16N4O3S/c1-21-12-7-3-5-9-14(12)25-17(21)20-19-16(23)11-6-2-4-8-13(11)24-10-15(18)22/h2-9H,10H2,1H3,(H2,18,22)(H,19,23). The number of amides is 2. The van der Waals surface area contributed by atoms with Crippen molar-refractivity contribution in [2.45, 2.75) is 0 Å². The summed E-state index contributed by atoms with van der Waals surface area (Å²) in [6.07, 6.45) is 0. The Morgan fingerprint density at radius 3 is 2.68 bits per heavy atom. The zero-order chi connectivity index (χ0) is 17.8. The molecule has 1 aromatic heterocycles. The highest BCUT2D eigenvalue weighted by Crippen LogP contribution is 2.18. The largest absolute Gasteiger partial charge is 0.483 e. The number of primary amides is 1. The van der Waals surface area contributed by atoms with E-state index in [0.29, 0.717) is 4.80 Å². The maximum absolute atomic E-state index is 12.4. The molecular weight excluding hydrogens is 340 g/mol. The second kappa shape index (κ2) is 7.18. The fourth-order valence-corrected chi connectivity index (χ4v) is 3.26. The Bertz CT molecular complexity index is 1010. The Balaban J connectivity index is 1.85. The number of thiazole rings is 1. The number of ether oxygens (including phenoxy) is 1. The maximum Gasteiger partial charge on any atom is 0.275 e. The average Bonchev–Trinajstić information content (AvgIpc) is 2.94. The second-order valence-electron chi connectivity index (χ2n) is 5.22. The molecular formula is C17H16N4O3S. The number of nitrogens with zero attached hydrogens (tertiary/aromatic N) is 2. The summed E-state index contributed by atoms with van der Waals surface area (Å²) in [5, 5.41) is 4.19. The van der Waals surface area contributed by atoms with Crippen molar-refractivity contribution >= 4 is 33.4 Å². The van der Waals surface area contributed by atoms with E-state index in [-0.39, 0.29) is 17.9 Å². The van der Waals surface area contributed by atoms with Gasteiger partial charge >= 0.3 is 0 Å². The van der Waals surface area contributed by atoms with Crippen molar-refractivity contribution in [3.8, 4) is 5.75 Å². The van der Waals surface area contributed by atoms with Gasteiger partial charge in [-0.25, -0.2) is 5.43 Å². The molecule has 0 spiro atoms. The van der Waals surface area contributed by atoms with E-state index < -0.39 is 11.8 Å². The van der Waals surface area contributed by atoms with Gasteiger partial charge in [0.05, 0.1) is 15.8 Å². The predicted octanol–water partition coefficient (Wildman–Crippen LogP) is 1.35. The molecule has 2 aromatic carbocycles. The summed E-state index contributed by atoms with van der Waals surface area (Å²) >= 11 is 1.47. The van der Waals surface area contributed by atoms with Crippen molar-refractivity contribution in [3.05, 3.63) is 58.9 Å². The SMILES string of the molecule is Cn1c(=NNC(=O)c2ccccc2OCC(N)=O)sc2ccccc21. The number of aromatic nitrogens is 1. The smallest absolute Gasteiger partial charge is 0.275 e. The maximum atomic E-state index is 12.4. The van der Waals surface area contributed by atoms with E-state index in [4.69, 9.17) is 10.5 Å². The Morgan fingerprint density at radius 2 is 1.92 bits per heavy atom. The lowest BCUT2D eigenvalue weighted by atomic mass is 10.2. The predicted molar refractivity (Wildman–Crippen MR) is 95.0 cm³/mol. The van der Waals surface area contributed by atoms with Gasteiger partial charge in [0.15, 0.2) is 6.61 Å². The van der Waals surface area contributed by atoms with E-state index in [0.717, 1.165) is 10.2 Å². The van der Waals surface area contributed by atoms with Crippen LogP contribution in [-0.4, -0.2) is 23.0 Å². The highest BCUT2D eigenvalue weighted by atomic mass is 32.1. The fraction of sp³-hybridized carbons (Fsp3) is 0.118. The van der Waals surface area contributed by atoms with E-state index in [9.17, 15) is 9.59 Å². The number of aryl methyl sites for hydroxylation is 1. The van der Waals surface area contributed by atoms with Crippen LogP contribution in [0.25, 0.3) is 10.2 Å². The summed E-state index contributed by atoms with van der Waals surface area (Å²) in [4.78, 5) is 23.9. The molecule has 0 radical (unpaired) electrons. The van der Waals surface area contributed by atoms with Crippen molar-refractivity contribution < 1.29 is 14.3 Å². The van der Waals surface area contributed by atoms with Gasteiger partial charge in [0.2, 0.25) is 4.80 Å². The first-order chi connectivity index (χ1) is 12.1. The molecule has 8 heteroatoms. The molecule has 0 saturated heterocycles. The third-order valence-electron chi connectivity index (χ3n) is 3.47. The molecule has 0 saturated carbocycles. The van der Waals surface area contributed by atoms with Gasteiger partial charge in [-0.2, -0.15) is 0 Å². The number of nitrogens with two attached hydrogens (primary N) is 1. The van der Waals surface area contributed by atoms with Gasteiger partial charge in [-0.3, -0.25) is 9.59 Å². The van der Waals surface area contributed by atoms with Crippen molar-refractivity contribution in [2.75, 3.05) is 6.61 Å². The molecule has 0 aliphatic rings. The Hall–Kier alpha value is -3.13. The lowest BCUT2D eigenvalue weighted by Crippen LogP contribution is -2.25. The van der Waals surface area contributed by atoms with E-state index in [1.807, 2.05) is 35.9 Å². The van der Waals surface area contributed by atoms with Crippen LogP contribution in [0.1, 0.15) is 10.4 Å². The van der Waals surface area contributed by atoms with Gasteiger partial charge in [-0.05, 0) is 24.3 Å². The van der Waals surface area contributed by atoms with E-state index in [1.165, 1.54) is 11.3 Å². The molecule has 128 valence electrons. The summed E-state index contributed by atoms with van der Waals surface area (Å²) in [6, 6.07) is 14.5. The molecule has 0 atom stereocenters. The van der Waals surface area contributed by atoms with Crippen LogP contribution < -0.4 is 20.7 Å². The van der Waals surface area contributed by atoms with Crippen molar-refractivity contribution in [1.29, 1.82) is 0 Å². The van der Waals surface area contributed by atoms with Crippen LogP contribution in [0.2, 0.25) is 0 Å². The quantitative estimate of drug-likeness (QED) is 0.675. The van der Waals surface area contributed by atoms with Crippen LogP contribution in [0.4, 0.5) is 0 Å². The number of para-hydroxylation sites is 2. The number of nitrogens with one attached hydrogen (secondary N) is 1. The molecule has 0 unspecified atom stereocenters. The van der Waals surface area contributed by atoms with Crippen LogP contribution >= 0.6 is 11.3 Å². The van der Waals surface area contributed by atoms with Gasteiger partial charge in [-0.1, -0.05) is 35.6 Å². The molecule has 0 aliphatic carbocycles. The first kappa shape index (κ1) is 16.7.